The number of carbonyl (C=O) groups excluding carboxylic acids is 1. The summed E-state index contributed by atoms with van der Waals surface area (Å²) < 4.78 is 18.6. The van der Waals surface area contributed by atoms with Crippen LogP contribution in [0.15, 0.2) is 18.2 Å². The van der Waals surface area contributed by atoms with Crippen molar-refractivity contribution in [2.45, 2.75) is 26.3 Å². The Balaban J connectivity index is 2.30. The van der Waals surface area contributed by atoms with E-state index in [1.165, 1.54) is 12.1 Å². The Bertz CT molecular complexity index is 459. The van der Waals surface area contributed by atoms with Gasteiger partial charge in [-0.2, -0.15) is 0 Å². The lowest BCUT2D eigenvalue weighted by Gasteiger charge is -2.34. The largest absolute Gasteiger partial charge is 0.493 e. The van der Waals surface area contributed by atoms with Crippen LogP contribution >= 0.6 is 0 Å². The zero-order valence-corrected chi connectivity index (χ0v) is 10.9. The van der Waals surface area contributed by atoms with Crippen LogP contribution < -0.4 is 4.74 Å². The number of rotatable bonds is 2. The molecule has 0 fully saturated rings. The van der Waals surface area contributed by atoms with Crippen LogP contribution in [0.5, 0.6) is 5.75 Å². The molecule has 18 heavy (non-hydrogen) atoms. The highest BCUT2D eigenvalue weighted by Gasteiger charge is 2.28. The van der Waals surface area contributed by atoms with Crippen LogP contribution in [0.1, 0.15) is 31.9 Å². The first kappa shape index (κ1) is 12.9. The van der Waals surface area contributed by atoms with E-state index in [1.807, 2.05) is 13.8 Å². The summed E-state index contributed by atoms with van der Waals surface area (Å²) in [4.78, 5) is 13.8. The summed E-state index contributed by atoms with van der Waals surface area (Å²) in [5, 5.41) is 0. The molecule has 0 saturated carbocycles. The lowest BCUT2D eigenvalue weighted by atomic mass is 9.98. The van der Waals surface area contributed by atoms with Gasteiger partial charge in [0.25, 0.3) is 0 Å². The van der Waals surface area contributed by atoms with Gasteiger partial charge in [-0.05, 0) is 6.07 Å². The van der Waals surface area contributed by atoms with Crippen molar-refractivity contribution in [3.63, 3.8) is 0 Å². The van der Waals surface area contributed by atoms with Gasteiger partial charge in [-0.25, -0.2) is 4.39 Å². The number of nitrogens with zero attached hydrogens (tertiary/aromatic N) is 1. The van der Waals surface area contributed by atoms with Crippen LogP contribution in [-0.2, 0) is 4.79 Å². The summed E-state index contributed by atoms with van der Waals surface area (Å²) in [6.45, 7) is 4.27. The highest BCUT2D eigenvalue weighted by Crippen LogP contribution is 2.36. The van der Waals surface area contributed by atoms with Gasteiger partial charge in [0.15, 0.2) is 0 Å². The predicted octanol–water partition coefficient (Wildman–Crippen LogP) is 2.76. The summed E-state index contributed by atoms with van der Waals surface area (Å²) in [5.41, 5.74) is 0.888. The zero-order chi connectivity index (χ0) is 13.3. The number of fused-ring (bicyclic) bond motifs is 1. The van der Waals surface area contributed by atoms with E-state index in [4.69, 9.17) is 4.74 Å². The molecule has 0 N–H and O–H groups in total. The fraction of sp³-hybridized carbons (Fsp3) is 0.500. The average Bonchev–Trinajstić information content (AvgIpc) is 2.35. The van der Waals surface area contributed by atoms with E-state index in [9.17, 15) is 9.18 Å². The third-order valence-electron chi connectivity index (χ3n) is 3.29. The number of hydrogen-bond donors (Lipinski definition) is 0. The van der Waals surface area contributed by atoms with Crippen molar-refractivity contribution in [1.29, 1.82) is 0 Å². The second-order valence-corrected chi connectivity index (χ2v) is 4.94. The fourth-order valence-electron chi connectivity index (χ4n) is 2.31. The molecule has 1 aromatic carbocycles. The van der Waals surface area contributed by atoms with Crippen LogP contribution in [-0.4, -0.2) is 24.5 Å². The van der Waals surface area contributed by atoms with E-state index < -0.39 is 0 Å². The summed E-state index contributed by atoms with van der Waals surface area (Å²) in [6.07, 6.45) is 0.744. The molecule has 1 aromatic rings. The smallest absolute Gasteiger partial charge is 0.225 e. The third-order valence-corrected chi connectivity index (χ3v) is 3.29. The summed E-state index contributed by atoms with van der Waals surface area (Å²) in [7, 11) is 1.80. The third kappa shape index (κ3) is 2.33. The van der Waals surface area contributed by atoms with E-state index in [0.717, 1.165) is 12.0 Å². The van der Waals surface area contributed by atoms with Crippen molar-refractivity contribution < 1.29 is 13.9 Å². The quantitative estimate of drug-likeness (QED) is 0.809. The van der Waals surface area contributed by atoms with Crippen molar-refractivity contribution in [2.75, 3.05) is 13.7 Å². The standard InChI is InChI=1S/C14H18FNO2/c1-9(2)14(17)16(3)12-6-7-18-13-8-10(15)4-5-11(12)13/h4-5,8-9,12H,6-7H2,1-3H3. The van der Waals surface area contributed by atoms with Gasteiger partial charge in [-0.15, -0.1) is 0 Å². The number of hydrogen-bond acceptors (Lipinski definition) is 2. The Morgan fingerprint density at radius 3 is 2.89 bits per heavy atom. The number of carbonyl (C=O) groups is 1. The van der Waals surface area contributed by atoms with Gasteiger partial charge in [0.1, 0.15) is 11.6 Å². The minimum Gasteiger partial charge on any atom is -0.493 e. The van der Waals surface area contributed by atoms with E-state index in [-0.39, 0.29) is 23.7 Å². The highest BCUT2D eigenvalue weighted by atomic mass is 19.1. The highest BCUT2D eigenvalue weighted by molar-refractivity contribution is 5.78. The van der Waals surface area contributed by atoms with Gasteiger partial charge in [0.05, 0.1) is 12.6 Å². The molecular formula is C14H18FNO2. The first-order chi connectivity index (χ1) is 8.50. The Kier molecular flexibility index (Phi) is 3.55. The van der Waals surface area contributed by atoms with Gasteiger partial charge in [0.2, 0.25) is 5.91 Å². The van der Waals surface area contributed by atoms with E-state index >= 15 is 0 Å². The molecular weight excluding hydrogens is 233 g/mol. The maximum atomic E-state index is 13.1. The molecule has 0 radical (unpaired) electrons. The molecule has 0 bridgehead atoms. The minimum atomic E-state index is -0.313. The molecule has 1 aliphatic heterocycles. The van der Waals surface area contributed by atoms with E-state index in [0.29, 0.717) is 12.4 Å². The zero-order valence-electron chi connectivity index (χ0n) is 10.9. The Morgan fingerprint density at radius 1 is 1.50 bits per heavy atom. The molecule has 0 aliphatic carbocycles. The Morgan fingerprint density at radius 2 is 2.22 bits per heavy atom. The fourth-order valence-corrected chi connectivity index (χ4v) is 2.31. The summed E-state index contributed by atoms with van der Waals surface area (Å²) in [5.74, 6) is 0.292. The maximum absolute atomic E-state index is 13.1. The van der Waals surface area contributed by atoms with Crippen molar-refractivity contribution in [2.24, 2.45) is 5.92 Å². The van der Waals surface area contributed by atoms with Crippen molar-refractivity contribution >= 4 is 5.91 Å². The molecule has 1 heterocycles. The molecule has 3 nitrogen and oxygen atoms in total. The number of halogens is 1. The van der Waals surface area contributed by atoms with Crippen LogP contribution in [0.2, 0.25) is 0 Å². The minimum absolute atomic E-state index is 0.0238. The molecule has 1 aliphatic rings. The van der Waals surface area contributed by atoms with Crippen LogP contribution in [0.25, 0.3) is 0 Å². The molecule has 1 atom stereocenters. The number of ether oxygens (including phenoxy) is 1. The second kappa shape index (κ2) is 4.96. The van der Waals surface area contributed by atoms with Gasteiger partial charge < -0.3 is 9.64 Å². The monoisotopic (exact) mass is 251 g/mol. The SMILES string of the molecule is CC(C)C(=O)N(C)C1CCOc2cc(F)ccc21. The molecule has 4 heteroatoms. The molecule has 2 rings (SSSR count). The molecule has 0 spiro atoms. The molecule has 1 unspecified atom stereocenters. The van der Waals surface area contributed by atoms with Crippen LogP contribution in [0.3, 0.4) is 0 Å². The summed E-state index contributed by atoms with van der Waals surface area (Å²) >= 11 is 0. The van der Waals surface area contributed by atoms with Gasteiger partial charge >= 0.3 is 0 Å². The Hall–Kier alpha value is -1.58. The molecule has 0 saturated heterocycles. The first-order valence-electron chi connectivity index (χ1n) is 6.19. The van der Waals surface area contributed by atoms with Crippen molar-refractivity contribution in [3.05, 3.63) is 29.6 Å². The van der Waals surface area contributed by atoms with Gasteiger partial charge in [-0.1, -0.05) is 19.9 Å². The van der Waals surface area contributed by atoms with Crippen LogP contribution in [0.4, 0.5) is 4.39 Å². The average molecular weight is 251 g/mol. The van der Waals surface area contributed by atoms with Crippen molar-refractivity contribution in [3.8, 4) is 5.75 Å². The lowest BCUT2D eigenvalue weighted by molar-refractivity contribution is -0.135. The van der Waals surface area contributed by atoms with Gasteiger partial charge in [0, 0.05) is 31.0 Å². The maximum Gasteiger partial charge on any atom is 0.225 e. The Labute approximate surface area is 107 Å². The molecule has 98 valence electrons. The molecule has 0 aromatic heterocycles. The predicted molar refractivity (Wildman–Crippen MR) is 66.9 cm³/mol. The summed E-state index contributed by atoms with van der Waals surface area (Å²) in [6, 6.07) is 4.48. The molecule has 1 amide bonds. The number of amides is 1. The lowest BCUT2D eigenvalue weighted by Crippen LogP contribution is -2.36. The van der Waals surface area contributed by atoms with Crippen LogP contribution in [0, 0.1) is 11.7 Å². The van der Waals surface area contributed by atoms with E-state index in [2.05, 4.69) is 0 Å². The topological polar surface area (TPSA) is 29.5 Å². The van der Waals surface area contributed by atoms with Crippen molar-refractivity contribution in [1.82, 2.24) is 4.90 Å². The van der Waals surface area contributed by atoms with Gasteiger partial charge in [-0.3, -0.25) is 4.79 Å². The second-order valence-electron chi connectivity index (χ2n) is 4.94. The van der Waals surface area contributed by atoms with E-state index in [1.54, 1.807) is 18.0 Å². The first-order valence-corrected chi connectivity index (χ1v) is 6.19. The number of benzene rings is 1. The normalized spacial score (nSPS) is 18.2.